The van der Waals surface area contributed by atoms with Crippen molar-refractivity contribution in [1.29, 1.82) is 0 Å². The average Bonchev–Trinajstić information content (AvgIpc) is 2.68. The van der Waals surface area contributed by atoms with E-state index in [0.29, 0.717) is 32.3 Å². The largest absolute Gasteiger partial charge is 0.382 e. The van der Waals surface area contributed by atoms with Gasteiger partial charge in [-0.3, -0.25) is 4.79 Å². The molecule has 0 radical (unpaired) electrons. The van der Waals surface area contributed by atoms with Crippen molar-refractivity contribution in [3.05, 3.63) is 35.9 Å². The lowest BCUT2D eigenvalue weighted by Gasteiger charge is -2.19. The fraction of sp³-hybridized carbons (Fsp3) is 0.682. The number of carbonyl (C=O) groups excluding carboxylic acids is 1. The Balaban J connectivity index is 0.000000621. The van der Waals surface area contributed by atoms with Crippen molar-refractivity contribution < 1.29 is 23.7 Å². The van der Waals surface area contributed by atoms with Gasteiger partial charge in [0.15, 0.2) is 5.78 Å². The van der Waals surface area contributed by atoms with E-state index in [-0.39, 0.29) is 18.0 Å². The molecule has 5 heteroatoms. The molecule has 0 aromatic heterocycles. The number of hydrogen-bond acceptors (Lipinski definition) is 5. The Morgan fingerprint density at radius 1 is 0.926 bits per heavy atom. The number of methoxy groups -OCH3 is 1. The van der Waals surface area contributed by atoms with E-state index >= 15 is 0 Å². The summed E-state index contributed by atoms with van der Waals surface area (Å²) < 4.78 is 21.7. The predicted molar refractivity (Wildman–Crippen MR) is 109 cm³/mol. The van der Waals surface area contributed by atoms with Crippen molar-refractivity contribution >= 4 is 5.78 Å². The maximum absolute atomic E-state index is 10.6. The molecule has 0 heterocycles. The van der Waals surface area contributed by atoms with Gasteiger partial charge in [-0.15, -0.1) is 0 Å². The molecule has 0 saturated carbocycles. The molecule has 0 bridgehead atoms. The Labute approximate surface area is 165 Å². The van der Waals surface area contributed by atoms with E-state index in [2.05, 4.69) is 13.8 Å². The highest BCUT2D eigenvalue weighted by Gasteiger charge is 2.08. The summed E-state index contributed by atoms with van der Waals surface area (Å²) >= 11 is 0. The third-order valence-corrected chi connectivity index (χ3v) is 3.94. The Morgan fingerprint density at radius 3 is 2.04 bits per heavy atom. The molecule has 0 N–H and O–H groups in total. The predicted octanol–water partition coefficient (Wildman–Crippen LogP) is 4.39. The van der Waals surface area contributed by atoms with Gasteiger partial charge in [-0.05, 0) is 26.7 Å². The normalized spacial score (nSPS) is 14.0. The summed E-state index contributed by atoms with van der Waals surface area (Å²) in [7, 11) is 1.67. The van der Waals surface area contributed by atoms with E-state index in [0.717, 1.165) is 18.6 Å². The number of rotatable bonds is 13. The van der Waals surface area contributed by atoms with Gasteiger partial charge in [0.05, 0.1) is 38.6 Å². The standard InChI is InChI=1S/C14H30O4.C8H8O/c1-6-12(2)9-17-14(4)11-18-13(3)10-16-8-7-15-5;1-7(9)8-5-3-2-4-6-8/h12-14H,6-11H2,1-5H3;2-6H,1H3. The van der Waals surface area contributed by atoms with Crippen LogP contribution in [0.5, 0.6) is 0 Å². The van der Waals surface area contributed by atoms with Crippen LogP contribution >= 0.6 is 0 Å². The van der Waals surface area contributed by atoms with Gasteiger partial charge in [0, 0.05) is 19.3 Å². The van der Waals surface area contributed by atoms with E-state index < -0.39 is 0 Å². The first kappa shape index (κ1) is 25.7. The first-order valence-corrected chi connectivity index (χ1v) is 9.76. The minimum atomic E-state index is 0.0940. The van der Waals surface area contributed by atoms with Gasteiger partial charge in [0.2, 0.25) is 0 Å². The molecule has 0 spiro atoms. The first-order chi connectivity index (χ1) is 12.9. The van der Waals surface area contributed by atoms with Crippen LogP contribution in [-0.2, 0) is 18.9 Å². The molecule has 0 aliphatic heterocycles. The van der Waals surface area contributed by atoms with Crippen LogP contribution in [0, 0.1) is 5.92 Å². The number of hydrogen-bond donors (Lipinski definition) is 0. The fourth-order valence-corrected chi connectivity index (χ4v) is 1.91. The van der Waals surface area contributed by atoms with Crippen molar-refractivity contribution in [3.8, 4) is 0 Å². The molecule has 27 heavy (non-hydrogen) atoms. The molecular formula is C22H38O5. The van der Waals surface area contributed by atoms with Crippen LogP contribution in [0.3, 0.4) is 0 Å². The highest BCUT2D eigenvalue weighted by atomic mass is 16.6. The Kier molecular flexibility index (Phi) is 16.1. The van der Waals surface area contributed by atoms with E-state index in [9.17, 15) is 4.79 Å². The Bertz CT molecular complexity index is 463. The zero-order chi connectivity index (χ0) is 20.5. The third-order valence-electron chi connectivity index (χ3n) is 3.94. The van der Waals surface area contributed by atoms with Gasteiger partial charge in [0.1, 0.15) is 0 Å². The maximum Gasteiger partial charge on any atom is 0.159 e. The van der Waals surface area contributed by atoms with Crippen molar-refractivity contribution in [1.82, 2.24) is 0 Å². The molecule has 0 amide bonds. The summed E-state index contributed by atoms with van der Waals surface area (Å²) in [5.41, 5.74) is 0.775. The van der Waals surface area contributed by atoms with Crippen LogP contribution in [-0.4, -0.2) is 58.1 Å². The van der Waals surface area contributed by atoms with Crippen molar-refractivity contribution in [2.75, 3.05) is 40.1 Å². The highest BCUT2D eigenvalue weighted by molar-refractivity contribution is 5.93. The van der Waals surface area contributed by atoms with E-state index in [1.807, 2.05) is 44.2 Å². The molecule has 156 valence electrons. The van der Waals surface area contributed by atoms with Crippen LogP contribution in [0.15, 0.2) is 30.3 Å². The van der Waals surface area contributed by atoms with Gasteiger partial charge in [0.25, 0.3) is 0 Å². The molecule has 3 unspecified atom stereocenters. The monoisotopic (exact) mass is 382 g/mol. The zero-order valence-electron chi connectivity index (χ0n) is 17.9. The van der Waals surface area contributed by atoms with Crippen LogP contribution in [0.1, 0.15) is 51.4 Å². The second-order valence-corrected chi connectivity index (χ2v) is 6.79. The molecule has 1 aromatic carbocycles. The molecule has 0 fully saturated rings. The van der Waals surface area contributed by atoms with Crippen LogP contribution in [0.25, 0.3) is 0 Å². The van der Waals surface area contributed by atoms with Gasteiger partial charge in [-0.2, -0.15) is 0 Å². The topological polar surface area (TPSA) is 54.0 Å². The number of ether oxygens (including phenoxy) is 4. The van der Waals surface area contributed by atoms with Gasteiger partial charge < -0.3 is 18.9 Å². The number of benzene rings is 1. The minimum Gasteiger partial charge on any atom is -0.382 e. The minimum absolute atomic E-state index is 0.0940. The molecule has 3 atom stereocenters. The molecule has 0 aliphatic rings. The zero-order valence-corrected chi connectivity index (χ0v) is 17.9. The lowest BCUT2D eigenvalue weighted by atomic mass is 10.1. The van der Waals surface area contributed by atoms with Crippen molar-refractivity contribution in [3.63, 3.8) is 0 Å². The summed E-state index contributed by atoms with van der Waals surface area (Å²) in [5.74, 6) is 0.734. The molecular weight excluding hydrogens is 344 g/mol. The van der Waals surface area contributed by atoms with E-state index in [1.54, 1.807) is 14.0 Å². The highest BCUT2D eigenvalue weighted by Crippen LogP contribution is 2.04. The summed E-state index contributed by atoms with van der Waals surface area (Å²) in [4.78, 5) is 10.6. The maximum atomic E-state index is 10.6. The Hall–Kier alpha value is -1.27. The fourth-order valence-electron chi connectivity index (χ4n) is 1.91. The van der Waals surface area contributed by atoms with Crippen molar-refractivity contribution in [2.24, 2.45) is 5.92 Å². The molecule has 0 aliphatic carbocycles. The third kappa shape index (κ3) is 15.5. The van der Waals surface area contributed by atoms with Crippen molar-refractivity contribution in [2.45, 2.75) is 53.2 Å². The number of Topliss-reactive ketones (excluding diaryl/α,β-unsaturated/α-hetero) is 1. The van der Waals surface area contributed by atoms with E-state index in [4.69, 9.17) is 18.9 Å². The Morgan fingerprint density at radius 2 is 1.52 bits per heavy atom. The quantitative estimate of drug-likeness (QED) is 0.374. The molecule has 0 saturated heterocycles. The van der Waals surface area contributed by atoms with Gasteiger partial charge >= 0.3 is 0 Å². The number of ketones is 1. The van der Waals surface area contributed by atoms with Gasteiger partial charge in [-0.1, -0.05) is 50.6 Å². The van der Waals surface area contributed by atoms with Crippen LogP contribution in [0.4, 0.5) is 0 Å². The second kappa shape index (κ2) is 16.9. The lowest BCUT2D eigenvalue weighted by Crippen LogP contribution is -2.25. The van der Waals surface area contributed by atoms with Crippen LogP contribution in [0.2, 0.25) is 0 Å². The van der Waals surface area contributed by atoms with Gasteiger partial charge in [-0.25, -0.2) is 0 Å². The molecule has 1 aromatic rings. The smallest absolute Gasteiger partial charge is 0.159 e. The first-order valence-electron chi connectivity index (χ1n) is 9.76. The molecule has 1 rings (SSSR count). The summed E-state index contributed by atoms with van der Waals surface area (Å²) in [6.07, 6.45) is 1.38. The SMILES string of the molecule is CC(=O)c1ccccc1.CCC(C)COC(C)COC(C)COCCOC. The number of carbonyl (C=O) groups is 1. The van der Waals surface area contributed by atoms with Crippen LogP contribution < -0.4 is 0 Å². The average molecular weight is 383 g/mol. The summed E-state index contributed by atoms with van der Waals surface area (Å²) in [6, 6.07) is 9.23. The summed E-state index contributed by atoms with van der Waals surface area (Å²) in [5, 5.41) is 0. The molecule has 5 nitrogen and oxygen atoms in total. The second-order valence-electron chi connectivity index (χ2n) is 6.79. The summed E-state index contributed by atoms with van der Waals surface area (Å²) in [6.45, 7) is 13.2. The van der Waals surface area contributed by atoms with E-state index in [1.165, 1.54) is 0 Å². The lowest BCUT2D eigenvalue weighted by molar-refractivity contribution is -0.0654.